The monoisotopic (exact) mass is 538 g/mol. The van der Waals surface area contributed by atoms with E-state index in [0.717, 1.165) is 58.2 Å². The summed E-state index contributed by atoms with van der Waals surface area (Å²) in [7, 11) is 0. The van der Waals surface area contributed by atoms with E-state index >= 15 is 0 Å². The highest BCUT2D eigenvalue weighted by molar-refractivity contribution is 6.23. The van der Waals surface area contributed by atoms with Crippen LogP contribution in [0.3, 0.4) is 0 Å². The summed E-state index contributed by atoms with van der Waals surface area (Å²) in [6.07, 6.45) is 8.58. The fraction of sp³-hybridized carbons (Fsp3) is 0.500. The summed E-state index contributed by atoms with van der Waals surface area (Å²) in [5.74, 6) is 0.609. The van der Waals surface area contributed by atoms with Gasteiger partial charge in [0.1, 0.15) is 17.6 Å². The number of Topliss-reactive ketones (excluding diaryl/α,β-unsaturated/α-hetero) is 4. The van der Waals surface area contributed by atoms with Gasteiger partial charge in [-0.3, -0.25) is 19.2 Å². The number of carbonyl (C=O) groups excluding carboxylic acids is 4. The van der Waals surface area contributed by atoms with Crippen molar-refractivity contribution in [2.45, 2.75) is 98.3 Å². The Hall–Kier alpha value is -3.14. The number of hydrogen-bond donors (Lipinski definition) is 0. The van der Waals surface area contributed by atoms with Crippen LogP contribution >= 0.6 is 0 Å². The van der Waals surface area contributed by atoms with Crippen LogP contribution in [0.1, 0.15) is 101 Å². The summed E-state index contributed by atoms with van der Waals surface area (Å²) >= 11 is 0. The van der Waals surface area contributed by atoms with Crippen LogP contribution in [0.5, 0.6) is 0 Å². The molecule has 3 atom stereocenters. The molecule has 4 heteroatoms. The topological polar surface area (TPSA) is 68.3 Å². The first-order valence-corrected chi connectivity index (χ1v) is 14.9. The molecule has 2 aromatic rings. The van der Waals surface area contributed by atoms with Crippen molar-refractivity contribution in [3.05, 3.63) is 80.4 Å². The SMILES string of the molecule is Cc1cc(C)c(C2C(=O)C/C(=C\C3CC3)C2=O)c(C)c1.Cc1cc(C)c(C2C(=O)CC(CC3CC3)C2=O)c(C)c1. The molecule has 0 spiro atoms. The highest BCUT2D eigenvalue weighted by Crippen LogP contribution is 2.43. The number of benzene rings is 2. The van der Waals surface area contributed by atoms with Crippen molar-refractivity contribution in [2.75, 3.05) is 0 Å². The minimum absolute atomic E-state index is 0.0138. The predicted molar refractivity (Wildman–Crippen MR) is 158 cm³/mol. The van der Waals surface area contributed by atoms with Crippen LogP contribution in [0.25, 0.3) is 0 Å². The lowest BCUT2D eigenvalue weighted by Gasteiger charge is -2.16. The Morgan fingerprint density at radius 2 is 1.18 bits per heavy atom. The van der Waals surface area contributed by atoms with Gasteiger partial charge in [0.25, 0.3) is 0 Å². The normalized spacial score (nSPS) is 25.6. The molecule has 0 amide bonds. The molecular weight excluding hydrogens is 496 g/mol. The van der Waals surface area contributed by atoms with E-state index < -0.39 is 11.8 Å². The molecule has 4 fully saturated rings. The summed E-state index contributed by atoms with van der Waals surface area (Å²) in [6, 6.07) is 8.28. The van der Waals surface area contributed by atoms with Crippen LogP contribution in [0.4, 0.5) is 0 Å². The van der Waals surface area contributed by atoms with E-state index in [4.69, 9.17) is 0 Å². The number of ketones is 4. The molecule has 0 heterocycles. The molecule has 2 aromatic carbocycles. The summed E-state index contributed by atoms with van der Waals surface area (Å²) in [5, 5.41) is 0. The third-order valence-electron chi connectivity index (χ3n) is 9.15. The summed E-state index contributed by atoms with van der Waals surface area (Å²) in [5.41, 5.74) is 9.31. The van der Waals surface area contributed by atoms with Crippen LogP contribution in [0, 0.1) is 59.3 Å². The zero-order valence-electron chi connectivity index (χ0n) is 24.9. The Morgan fingerprint density at radius 3 is 1.65 bits per heavy atom. The number of rotatable bonds is 5. The van der Waals surface area contributed by atoms with Crippen molar-refractivity contribution < 1.29 is 19.2 Å². The molecule has 0 radical (unpaired) electrons. The van der Waals surface area contributed by atoms with Gasteiger partial charge in [-0.2, -0.15) is 0 Å². The highest BCUT2D eigenvalue weighted by atomic mass is 16.2. The van der Waals surface area contributed by atoms with Crippen molar-refractivity contribution in [3.63, 3.8) is 0 Å². The van der Waals surface area contributed by atoms with Gasteiger partial charge in [-0.15, -0.1) is 0 Å². The molecule has 0 N–H and O–H groups in total. The molecule has 0 saturated heterocycles. The Bertz CT molecular complexity index is 1390. The summed E-state index contributed by atoms with van der Waals surface area (Å²) in [6.45, 7) is 12.1. The van der Waals surface area contributed by atoms with E-state index in [9.17, 15) is 19.2 Å². The fourth-order valence-corrected chi connectivity index (χ4v) is 7.10. The number of hydrogen-bond acceptors (Lipinski definition) is 4. The number of allylic oxidation sites excluding steroid dienone is 2. The van der Waals surface area contributed by atoms with Crippen molar-refractivity contribution in [2.24, 2.45) is 17.8 Å². The van der Waals surface area contributed by atoms with Gasteiger partial charge in [-0.25, -0.2) is 0 Å². The van der Waals surface area contributed by atoms with E-state index in [2.05, 4.69) is 31.2 Å². The van der Waals surface area contributed by atoms with E-state index in [1.54, 1.807) is 0 Å². The van der Waals surface area contributed by atoms with Crippen molar-refractivity contribution in [3.8, 4) is 0 Å². The maximum Gasteiger partial charge on any atom is 0.173 e. The largest absolute Gasteiger partial charge is 0.298 e. The lowest BCUT2D eigenvalue weighted by atomic mass is 9.86. The molecule has 4 saturated carbocycles. The average molecular weight is 539 g/mol. The first-order chi connectivity index (χ1) is 18.9. The van der Waals surface area contributed by atoms with Gasteiger partial charge < -0.3 is 0 Å². The van der Waals surface area contributed by atoms with Crippen LogP contribution in [0.2, 0.25) is 0 Å². The Balaban J connectivity index is 0.000000161. The second-order valence-corrected chi connectivity index (χ2v) is 13.0. The first-order valence-electron chi connectivity index (χ1n) is 14.9. The lowest BCUT2D eigenvalue weighted by Crippen LogP contribution is -2.18. The summed E-state index contributed by atoms with van der Waals surface area (Å²) < 4.78 is 0. The molecule has 0 bridgehead atoms. The zero-order chi connectivity index (χ0) is 28.9. The molecule has 0 aliphatic heterocycles. The average Bonchev–Trinajstić information content (AvgIpc) is 3.77. The maximum absolute atomic E-state index is 12.6. The molecule has 0 aromatic heterocycles. The van der Waals surface area contributed by atoms with Crippen LogP contribution in [-0.2, 0) is 19.2 Å². The fourth-order valence-electron chi connectivity index (χ4n) is 7.10. The maximum atomic E-state index is 12.6. The van der Waals surface area contributed by atoms with Crippen LogP contribution in [0.15, 0.2) is 35.9 Å². The molecule has 210 valence electrons. The molecular formula is C36H42O4. The van der Waals surface area contributed by atoms with E-state index in [1.807, 2.05) is 40.7 Å². The Labute approximate surface area is 238 Å². The van der Waals surface area contributed by atoms with Gasteiger partial charge in [0.05, 0.1) is 0 Å². The highest BCUT2D eigenvalue weighted by Gasteiger charge is 2.45. The van der Waals surface area contributed by atoms with Crippen molar-refractivity contribution in [1.82, 2.24) is 0 Å². The molecule has 4 aliphatic carbocycles. The molecule has 6 rings (SSSR count). The van der Waals surface area contributed by atoms with Gasteiger partial charge in [0.15, 0.2) is 17.3 Å². The summed E-state index contributed by atoms with van der Waals surface area (Å²) in [4.78, 5) is 49.9. The van der Waals surface area contributed by atoms with E-state index in [-0.39, 0.29) is 29.1 Å². The van der Waals surface area contributed by atoms with Gasteiger partial charge in [0, 0.05) is 18.8 Å². The third kappa shape index (κ3) is 5.82. The zero-order valence-corrected chi connectivity index (χ0v) is 24.9. The van der Waals surface area contributed by atoms with Gasteiger partial charge >= 0.3 is 0 Å². The molecule has 40 heavy (non-hydrogen) atoms. The standard InChI is InChI=1S/C18H22O2.C18H20O2/c2*1-10-6-11(2)16(12(3)7-10)17-15(19)9-14(18(17)20)8-13-4-5-13/h6-7,13-14,17H,4-5,8-9H2,1-3H3;6-8,13,17H,4-5,9H2,1-3H3/b;14-8+. The quantitative estimate of drug-likeness (QED) is 0.298. The predicted octanol–water partition coefficient (Wildman–Crippen LogP) is 7.23. The van der Waals surface area contributed by atoms with Crippen LogP contribution in [-0.4, -0.2) is 23.1 Å². The van der Waals surface area contributed by atoms with Crippen LogP contribution < -0.4 is 0 Å². The van der Waals surface area contributed by atoms with Gasteiger partial charge in [-0.1, -0.05) is 54.3 Å². The van der Waals surface area contributed by atoms with E-state index in [0.29, 0.717) is 24.7 Å². The number of aryl methyl sites for hydroxylation is 6. The molecule has 4 aliphatic rings. The van der Waals surface area contributed by atoms with Crippen molar-refractivity contribution in [1.29, 1.82) is 0 Å². The van der Waals surface area contributed by atoms with E-state index in [1.165, 1.54) is 24.0 Å². The molecule has 4 nitrogen and oxygen atoms in total. The molecule has 3 unspecified atom stereocenters. The second kappa shape index (κ2) is 11.0. The minimum atomic E-state index is -0.555. The number of carbonyl (C=O) groups is 4. The lowest BCUT2D eigenvalue weighted by molar-refractivity contribution is -0.125. The third-order valence-corrected chi connectivity index (χ3v) is 9.15. The van der Waals surface area contributed by atoms with Gasteiger partial charge in [-0.05, 0) is 112 Å². The minimum Gasteiger partial charge on any atom is -0.298 e. The Kier molecular flexibility index (Phi) is 7.83. The Morgan fingerprint density at radius 1 is 0.675 bits per heavy atom. The second-order valence-electron chi connectivity index (χ2n) is 13.0. The van der Waals surface area contributed by atoms with Crippen molar-refractivity contribution >= 4 is 23.1 Å². The smallest absolute Gasteiger partial charge is 0.173 e. The first kappa shape index (κ1) is 28.4. The van der Waals surface area contributed by atoms with Gasteiger partial charge in [0.2, 0.25) is 0 Å².